The van der Waals surface area contributed by atoms with E-state index in [1.54, 1.807) is 0 Å². The van der Waals surface area contributed by atoms with Crippen molar-refractivity contribution in [1.29, 1.82) is 0 Å². The Balaban J connectivity index is 2.55. The lowest BCUT2D eigenvalue weighted by Crippen LogP contribution is -1.18. The van der Waals surface area contributed by atoms with Crippen molar-refractivity contribution in [1.82, 2.24) is 0 Å². The first-order valence-corrected chi connectivity index (χ1v) is 0.770. The van der Waals surface area contributed by atoms with Crippen LogP contribution in [0.5, 0.6) is 0 Å². The van der Waals surface area contributed by atoms with Gasteiger partial charge in [0.15, 0.2) is 0 Å². The fourth-order valence-corrected chi connectivity index (χ4v) is 0. The van der Waals surface area contributed by atoms with Gasteiger partial charge in [-0.2, -0.15) is 0 Å². The molecule has 0 atom stereocenters. The molecule has 0 radical (unpaired) electrons. The molecule has 0 fully saturated rings. The van der Waals surface area contributed by atoms with E-state index in [1.165, 1.54) is 0 Å². The van der Waals surface area contributed by atoms with Crippen molar-refractivity contribution >= 4 is 0 Å². The predicted octanol–water partition coefficient (Wildman–Crippen LogP) is 1.40. The second-order valence-electron chi connectivity index (χ2n) is 0.252. The van der Waals surface area contributed by atoms with Crippen LogP contribution in [0.1, 0.15) is 0 Å². The molecule has 0 aromatic heterocycles. The van der Waals surface area contributed by atoms with E-state index >= 15 is 0 Å². The summed E-state index contributed by atoms with van der Waals surface area (Å²) in [4.78, 5) is 0. The van der Waals surface area contributed by atoms with Crippen molar-refractivity contribution < 1.29 is 8.78 Å². The van der Waals surface area contributed by atoms with E-state index < -0.39 is 0 Å². The molecule has 0 aliphatic rings. The summed E-state index contributed by atoms with van der Waals surface area (Å²) in [7, 11) is 0. The van der Waals surface area contributed by atoms with Gasteiger partial charge in [-0.3, -0.25) is 0 Å². The largest absolute Gasteiger partial charge is 0.213 e. The molecule has 4 heavy (non-hydrogen) atoms. The van der Waals surface area contributed by atoms with Crippen molar-refractivity contribution in [3.63, 3.8) is 0 Å². The maximum atomic E-state index is 10.2. The minimum Gasteiger partial charge on any atom is -0.213 e. The Morgan fingerprint density at radius 1 is 1.00 bits per heavy atom. The Labute approximate surface area is 22.7 Å². The van der Waals surface area contributed by atoms with Crippen LogP contribution in [0.25, 0.3) is 0 Å². The van der Waals surface area contributed by atoms with Gasteiger partial charge in [-0.25, -0.2) is 8.78 Å². The molecule has 0 N–H and O–H groups in total. The molecule has 0 aliphatic carbocycles. The monoisotopic (exact) mass is 66.0 g/mol. The molecule has 0 rings (SSSR count). The van der Waals surface area contributed by atoms with Crippen molar-refractivity contribution in [2.45, 2.75) is 0 Å². The standard InChI is InChI=1S/C2H2F2/c3-1-2-4/h1-2H/b2-1+/i1+1,2+1. The Morgan fingerprint density at radius 3 is 1.25 bits per heavy atom. The van der Waals surface area contributed by atoms with Gasteiger partial charge < -0.3 is 0 Å². The average molecular weight is 66.0 g/mol. The molecule has 0 heterocycles. The van der Waals surface area contributed by atoms with Crippen LogP contribution in [0, 0.1) is 0 Å². The summed E-state index contributed by atoms with van der Waals surface area (Å²) in [5, 5.41) is 0. The molecule has 2 heteroatoms. The Bertz CT molecular complexity index is 19.2. The van der Waals surface area contributed by atoms with Gasteiger partial charge in [-0.05, 0) is 0 Å². The van der Waals surface area contributed by atoms with Crippen LogP contribution in [0.2, 0.25) is 0 Å². The highest BCUT2D eigenvalue weighted by atomic mass is 19.2. The van der Waals surface area contributed by atoms with E-state index in [2.05, 4.69) is 0 Å². The van der Waals surface area contributed by atoms with E-state index in [4.69, 9.17) is 0 Å². The van der Waals surface area contributed by atoms with Crippen molar-refractivity contribution in [2.24, 2.45) is 0 Å². The van der Waals surface area contributed by atoms with Crippen molar-refractivity contribution in [3.05, 3.63) is 12.7 Å². The Kier molecular flexibility index (Phi) is 2.34. The molecule has 0 aromatic rings. The van der Waals surface area contributed by atoms with Gasteiger partial charge in [0.1, 0.15) is 12.7 Å². The molecule has 0 aliphatic heterocycles. The zero-order valence-electron chi connectivity index (χ0n) is 1.91. The van der Waals surface area contributed by atoms with Crippen LogP contribution < -0.4 is 0 Å². The highest BCUT2D eigenvalue weighted by Crippen LogP contribution is 1.67. The van der Waals surface area contributed by atoms with Gasteiger partial charge in [0.2, 0.25) is 0 Å². The molecule has 0 bridgehead atoms. The molecule has 24 valence electrons. The van der Waals surface area contributed by atoms with E-state index in [0.717, 1.165) is 0 Å². The third-order valence-corrected chi connectivity index (χ3v) is 0.0476. The zero-order valence-corrected chi connectivity index (χ0v) is 1.91. The molecule has 0 spiro atoms. The van der Waals surface area contributed by atoms with Gasteiger partial charge in [0.25, 0.3) is 0 Å². The average Bonchev–Trinajstić information content (AvgIpc) is 1.37. The summed E-state index contributed by atoms with van der Waals surface area (Å²) < 4.78 is 20.3. The molecule has 0 unspecified atom stereocenters. The van der Waals surface area contributed by atoms with Crippen molar-refractivity contribution in [3.8, 4) is 0 Å². The maximum absolute atomic E-state index is 10.2. The summed E-state index contributed by atoms with van der Waals surface area (Å²) >= 11 is 0. The summed E-state index contributed by atoms with van der Waals surface area (Å²) in [5.74, 6) is 0. The SMILES string of the molecule is F/[13CH]=[13CH]/F. The van der Waals surface area contributed by atoms with Gasteiger partial charge in [0, 0.05) is 0 Å². The first kappa shape index (κ1) is 3.60. The van der Waals surface area contributed by atoms with Gasteiger partial charge >= 0.3 is 0 Å². The number of rotatable bonds is 0. The summed E-state index contributed by atoms with van der Waals surface area (Å²) in [6, 6.07) is 0. The van der Waals surface area contributed by atoms with E-state index in [-0.39, 0.29) is 12.7 Å². The number of hydrogen-bond acceptors (Lipinski definition) is 0. The number of hydrogen-bond donors (Lipinski definition) is 0. The summed E-state index contributed by atoms with van der Waals surface area (Å²) in [6.45, 7) is 0. The zero-order chi connectivity index (χ0) is 3.41. The van der Waals surface area contributed by atoms with Crippen LogP contribution in [0.4, 0.5) is 8.78 Å². The maximum Gasteiger partial charge on any atom is 0.115 e. The normalized spacial score (nSPS) is 9.50. The Hall–Kier alpha value is -0.400. The van der Waals surface area contributed by atoms with E-state index in [0.29, 0.717) is 0 Å². The van der Waals surface area contributed by atoms with Gasteiger partial charge in [-0.15, -0.1) is 0 Å². The van der Waals surface area contributed by atoms with Crippen LogP contribution in [-0.2, 0) is 0 Å². The van der Waals surface area contributed by atoms with Crippen molar-refractivity contribution in [2.75, 3.05) is 0 Å². The van der Waals surface area contributed by atoms with Gasteiger partial charge in [-0.1, -0.05) is 0 Å². The fourth-order valence-electron chi connectivity index (χ4n) is 0. The Morgan fingerprint density at radius 2 is 1.25 bits per heavy atom. The van der Waals surface area contributed by atoms with Crippen LogP contribution in [0.3, 0.4) is 0 Å². The quantitative estimate of drug-likeness (QED) is 0.375. The first-order valence-electron chi connectivity index (χ1n) is 0.770. The first-order chi connectivity index (χ1) is 1.91. The minimum absolute atomic E-state index is 0.167. The van der Waals surface area contributed by atoms with E-state index in [1.807, 2.05) is 0 Å². The molecule has 0 amide bonds. The molecule has 0 saturated heterocycles. The molecular weight excluding hydrogens is 64.0 g/mol. The second-order valence-corrected chi connectivity index (χ2v) is 0.252. The molecule has 0 nitrogen and oxygen atoms in total. The lowest BCUT2D eigenvalue weighted by molar-refractivity contribution is 0.645. The number of halogens is 2. The second kappa shape index (κ2) is 2.60. The fraction of sp³-hybridized carbons (Fsp3) is 0. The highest BCUT2D eigenvalue weighted by molar-refractivity contribution is 4.51. The van der Waals surface area contributed by atoms with Crippen LogP contribution >= 0.6 is 0 Å². The minimum atomic E-state index is -0.167. The van der Waals surface area contributed by atoms with Gasteiger partial charge in [0.05, 0.1) is 0 Å². The third-order valence-electron chi connectivity index (χ3n) is 0.0476. The lowest BCUT2D eigenvalue weighted by atomic mass is 12.2. The third kappa shape index (κ3) is 1.60. The highest BCUT2D eigenvalue weighted by Gasteiger charge is 1.43. The molecule has 0 saturated carbocycles. The summed E-state index contributed by atoms with van der Waals surface area (Å²) in [6.07, 6.45) is -0.333. The van der Waals surface area contributed by atoms with Crippen LogP contribution in [-0.4, -0.2) is 0 Å². The summed E-state index contributed by atoms with van der Waals surface area (Å²) in [5.41, 5.74) is 0. The smallest absolute Gasteiger partial charge is 0.115 e. The van der Waals surface area contributed by atoms with E-state index in [9.17, 15) is 8.78 Å². The predicted molar refractivity (Wildman–Crippen MR) is 11.4 cm³/mol. The topological polar surface area (TPSA) is 0 Å². The molecular formula is C2H2F2. The van der Waals surface area contributed by atoms with Crippen LogP contribution in [0.15, 0.2) is 12.7 Å². The molecule has 0 aromatic carbocycles. The lowest BCUT2D eigenvalue weighted by Gasteiger charge is -1.42.